The molecule has 1 fully saturated rings. The van der Waals surface area contributed by atoms with Gasteiger partial charge in [0.2, 0.25) is 0 Å². The molecule has 2 atom stereocenters. The van der Waals surface area contributed by atoms with Gasteiger partial charge in [0, 0.05) is 24.5 Å². The Morgan fingerprint density at radius 2 is 2.10 bits per heavy atom. The first-order valence-corrected chi connectivity index (χ1v) is 9.12. The number of aromatic amines is 1. The largest absolute Gasteiger partial charge is 0.437 e. The number of nitrogens with one attached hydrogen (secondary N) is 3. The molecule has 154 valence electrons. The highest BCUT2D eigenvalue weighted by Crippen LogP contribution is 2.33. The van der Waals surface area contributed by atoms with Gasteiger partial charge in [-0.3, -0.25) is 9.89 Å². The Balaban J connectivity index is 1.58. The van der Waals surface area contributed by atoms with Gasteiger partial charge in [0.15, 0.2) is 11.3 Å². The Morgan fingerprint density at radius 1 is 1.31 bits per heavy atom. The molecule has 0 aromatic carbocycles. The third-order valence-electron chi connectivity index (χ3n) is 4.92. The summed E-state index contributed by atoms with van der Waals surface area (Å²) < 4.78 is 40.2. The second kappa shape index (κ2) is 7.35. The van der Waals surface area contributed by atoms with E-state index in [0.717, 1.165) is 31.9 Å². The van der Waals surface area contributed by atoms with Crippen molar-refractivity contribution in [3.63, 3.8) is 0 Å². The minimum Gasteiger partial charge on any atom is -0.366 e. The number of carbonyl (C=O) groups is 1. The molecule has 3 aromatic rings. The Labute approximate surface area is 162 Å². The van der Waals surface area contributed by atoms with Crippen LogP contribution in [0.2, 0.25) is 0 Å². The number of halogens is 3. The fourth-order valence-electron chi connectivity index (χ4n) is 3.43. The average molecular weight is 408 g/mol. The molecule has 0 unspecified atom stereocenters. The summed E-state index contributed by atoms with van der Waals surface area (Å²) in [5, 5.41) is 14.8. The van der Waals surface area contributed by atoms with Crippen molar-refractivity contribution in [2.75, 3.05) is 10.6 Å². The van der Waals surface area contributed by atoms with Gasteiger partial charge in [-0.25, -0.2) is 9.50 Å². The van der Waals surface area contributed by atoms with Crippen molar-refractivity contribution in [1.29, 1.82) is 0 Å². The molecule has 12 heteroatoms. The molecular weight excluding hydrogens is 389 g/mol. The SMILES string of the molecule is N[C@H]1CCCC[C@H]1Nc1ccn2ncc(C(=O)Nc3c[nH]nc3C(F)(F)F)c2n1. The lowest BCUT2D eigenvalue weighted by Gasteiger charge is -2.29. The van der Waals surface area contributed by atoms with E-state index in [1.54, 1.807) is 12.3 Å². The van der Waals surface area contributed by atoms with Crippen molar-refractivity contribution in [1.82, 2.24) is 24.8 Å². The summed E-state index contributed by atoms with van der Waals surface area (Å²) in [5.74, 6) is -0.250. The van der Waals surface area contributed by atoms with Gasteiger partial charge in [-0.15, -0.1) is 0 Å². The summed E-state index contributed by atoms with van der Waals surface area (Å²) >= 11 is 0. The summed E-state index contributed by atoms with van der Waals surface area (Å²) in [7, 11) is 0. The highest BCUT2D eigenvalue weighted by Gasteiger charge is 2.37. The quantitative estimate of drug-likeness (QED) is 0.525. The van der Waals surface area contributed by atoms with Crippen LogP contribution < -0.4 is 16.4 Å². The van der Waals surface area contributed by atoms with E-state index in [1.807, 2.05) is 0 Å². The van der Waals surface area contributed by atoms with Crippen molar-refractivity contribution in [2.45, 2.75) is 43.9 Å². The smallest absolute Gasteiger partial charge is 0.366 e. The first-order valence-electron chi connectivity index (χ1n) is 9.12. The Hall–Kier alpha value is -3.15. The number of hydrogen-bond acceptors (Lipinski definition) is 6. The standard InChI is InChI=1S/C17H19F3N8O/c18-17(19,20)14-12(8-22-27-14)25-16(29)9-7-23-28-6-5-13(26-15(9)28)24-11-4-2-1-3-10(11)21/h5-8,10-11H,1-4,21H2,(H,22,27)(H,24,26)(H,25,29)/t10-,11+/m0/s1. The number of rotatable bonds is 4. The second-order valence-electron chi connectivity index (χ2n) is 6.94. The van der Waals surface area contributed by atoms with Gasteiger partial charge >= 0.3 is 6.18 Å². The predicted molar refractivity (Wildman–Crippen MR) is 98.4 cm³/mol. The van der Waals surface area contributed by atoms with E-state index in [4.69, 9.17) is 5.73 Å². The molecule has 0 saturated heterocycles. The van der Waals surface area contributed by atoms with E-state index < -0.39 is 23.5 Å². The van der Waals surface area contributed by atoms with Gasteiger partial charge in [-0.05, 0) is 18.9 Å². The number of H-pyrrole nitrogens is 1. The van der Waals surface area contributed by atoms with Crippen LogP contribution in [0, 0.1) is 0 Å². The minimum atomic E-state index is -4.70. The van der Waals surface area contributed by atoms with E-state index in [9.17, 15) is 18.0 Å². The number of amides is 1. The normalized spacial score (nSPS) is 20.0. The van der Waals surface area contributed by atoms with Crippen LogP contribution in [0.15, 0.2) is 24.7 Å². The highest BCUT2D eigenvalue weighted by atomic mass is 19.4. The van der Waals surface area contributed by atoms with Crippen LogP contribution in [0.3, 0.4) is 0 Å². The fraction of sp³-hybridized carbons (Fsp3) is 0.412. The molecule has 29 heavy (non-hydrogen) atoms. The number of aromatic nitrogens is 5. The van der Waals surface area contributed by atoms with Gasteiger partial charge in [0.25, 0.3) is 5.91 Å². The molecule has 0 aliphatic heterocycles. The summed E-state index contributed by atoms with van der Waals surface area (Å²) in [4.78, 5) is 17.0. The highest BCUT2D eigenvalue weighted by molar-refractivity contribution is 6.08. The molecule has 0 bridgehead atoms. The van der Waals surface area contributed by atoms with Crippen molar-refractivity contribution in [3.05, 3.63) is 35.9 Å². The van der Waals surface area contributed by atoms with Crippen LogP contribution in [0.1, 0.15) is 41.7 Å². The summed E-state index contributed by atoms with van der Waals surface area (Å²) in [6.45, 7) is 0. The molecule has 9 nitrogen and oxygen atoms in total. The predicted octanol–water partition coefficient (Wildman–Crippen LogP) is 2.41. The van der Waals surface area contributed by atoms with E-state index >= 15 is 0 Å². The Morgan fingerprint density at radius 3 is 2.86 bits per heavy atom. The number of alkyl halides is 3. The molecule has 0 spiro atoms. The van der Waals surface area contributed by atoms with E-state index in [0.29, 0.717) is 5.82 Å². The van der Waals surface area contributed by atoms with Crippen LogP contribution >= 0.6 is 0 Å². The van der Waals surface area contributed by atoms with Crippen LogP contribution in [0.4, 0.5) is 24.7 Å². The lowest BCUT2D eigenvalue weighted by Crippen LogP contribution is -2.42. The van der Waals surface area contributed by atoms with Gasteiger partial charge in [-0.1, -0.05) is 12.8 Å². The Kier molecular flexibility index (Phi) is 4.86. The van der Waals surface area contributed by atoms with Gasteiger partial charge in [-0.2, -0.15) is 23.4 Å². The van der Waals surface area contributed by atoms with Crippen molar-refractivity contribution in [3.8, 4) is 0 Å². The molecule has 5 N–H and O–H groups in total. The van der Waals surface area contributed by atoms with Crippen molar-refractivity contribution in [2.24, 2.45) is 5.73 Å². The topological polar surface area (TPSA) is 126 Å². The van der Waals surface area contributed by atoms with Crippen LogP contribution in [-0.4, -0.2) is 42.8 Å². The first-order chi connectivity index (χ1) is 13.8. The van der Waals surface area contributed by atoms with Crippen LogP contribution in [0.5, 0.6) is 0 Å². The molecule has 1 saturated carbocycles. The monoisotopic (exact) mass is 408 g/mol. The molecule has 3 heterocycles. The molecule has 4 rings (SSSR count). The number of hydrogen-bond donors (Lipinski definition) is 4. The lowest BCUT2D eigenvalue weighted by atomic mass is 9.91. The zero-order chi connectivity index (χ0) is 20.6. The number of anilines is 2. The van der Waals surface area contributed by atoms with Crippen LogP contribution in [0.25, 0.3) is 5.65 Å². The molecule has 1 aliphatic rings. The number of nitrogens with zero attached hydrogens (tertiary/aromatic N) is 4. The van der Waals surface area contributed by atoms with E-state index in [-0.39, 0.29) is 23.3 Å². The molecular formula is C17H19F3N8O. The van der Waals surface area contributed by atoms with Crippen molar-refractivity contribution >= 4 is 23.1 Å². The molecule has 1 amide bonds. The first kappa shape index (κ1) is 19.2. The zero-order valence-corrected chi connectivity index (χ0v) is 15.2. The van der Waals surface area contributed by atoms with Crippen molar-refractivity contribution < 1.29 is 18.0 Å². The van der Waals surface area contributed by atoms with E-state index in [2.05, 4.69) is 30.9 Å². The lowest BCUT2D eigenvalue weighted by molar-refractivity contribution is -0.140. The maximum atomic E-state index is 13.0. The third-order valence-corrected chi connectivity index (χ3v) is 4.92. The third kappa shape index (κ3) is 3.88. The Bertz CT molecular complexity index is 1030. The van der Waals surface area contributed by atoms with Gasteiger partial charge in [0.05, 0.1) is 11.9 Å². The maximum Gasteiger partial charge on any atom is 0.437 e. The molecule has 3 aromatic heterocycles. The summed E-state index contributed by atoms with van der Waals surface area (Å²) in [6, 6.07) is 1.79. The van der Waals surface area contributed by atoms with Crippen LogP contribution in [-0.2, 0) is 6.18 Å². The summed E-state index contributed by atoms with van der Waals surface area (Å²) in [6.07, 6.45) is 3.14. The minimum absolute atomic E-state index is 0.0105. The number of nitrogens with two attached hydrogens (primary N) is 1. The zero-order valence-electron chi connectivity index (χ0n) is 15.2. The molecule has 1 aliphatic carbocycles. The average Bonchev–Trinajstić information content (AvgIpc) is 3.30. The fourth-order valence-corrected chi connectivity index (χ4v) is 3.43. The van der Waals surface area contributed by atoms with E-state index in [1.165, 1.54) is 10.7 Å². The summed E-state index contributed by atoms with van der Waals surface area (Å²) in [5.41, 5.74) is 4.73. The van der Waals surface area contributed by atoms with Gasteiger partial charge < -0.3 is 16.4 Å². The number of fused-ring (bicyclic) bond motifs is 1. The molecule has 0 radical (unpaired) electrons. The van der Waals surface area contributed by atoms with Gasteiger partial charge in [0.1, 0.15) is 11.4 Å². The second-order valence-corrected chi connectivity index (χ2v) is 6.94. The maximum absolute atomic E-state index is 13.0. The number of carbonyl (C=O) groups excluding carboxylic acids is 1.